The van der Waals surface area contributed by atoms with Gasteiger partial charge in [0.25, 0.3) is 0 Å². The zero-order chi connectivity index (χ0) is 12.3. The Balaban J connectivity index is 2.90. The maximum Gasteiger partial charge on any atom is 0.416 e. The first-order valence-electron chi connectivity index (χ1n) is 4.79. The van der Waals surface area contributed by atoms with Crippen molar-refractivity contribution < 1.29 is 23.0 Å². The van der Waals surface area contributed by atoms with Crippen LogP contribution in [-0.4, -0.2) is 17.8 Å². The summed E-state index contributed by atoms with van der Waals surface area (Å²) >= 11 is 0. The molecule has 0 amide bonds. The van der Waals surface area contributed by atoms with E-state index >= 15 is 0 Å². The molecule has 1 aromatic rings. The van der Waals surface area contributed by atoms with Gasteiger partial charge in [-0.15, -0.1) is 0 Å². The Morgan fingerprint density at radius 1 is 1.38 bits per heavy atom. The molecule has 0 saturated heterocycles. The summed E-state index contributed by atoms with van der Waals surface area (Å²) in [6.45, 7) is 2.86. The fraction of sp³-hybridized carbons (Fsp3) is 0.455. The molecule has 0 fully saturated rings. The number of rotatable bonds is 3. The lowest BCUT2D eigenvalue weighted by molar-refractivity contribution is -0.138. The van der Waals surface area contributed by atoms with Crippen molar-refractivity contribution in [2.75, 3.05) is 6.61 Å². The highest BCUT2D eigenvalue weighted by Gasteiger charge is 2.32. The molecule has 2 nitrogen and oxygen atoms in total. The van der Waals surface area contributed by atoms with Crippen molar-refractivity contribution in [3.63, 3.8) is 0 Å². The molecule has 1 atom stereocenters. The first-order chi connectivity index (χ1) is 7.30. The van der Waals surface area contributed by atoms with Gasteiger partial charge in [0.05, 0.1) is 11.7 Å². The molecule has 1 rings (SSSR count). The Bertz CT molecular complexity index is 359. The largest absolute Gasteiger partial charge is 0.491 e. The molecule has 16 heavy (non-hydrogen) atoms. The summed E-state index contributed by atoms with van der Waals surface area (Å²) in [5.74, 6) is 0.110. The van der Waals surface area contributed by atoms with Crippen molar-refractivity contribution in [3.05, 3.63) is 29.3 Å². The predicted octanol–water partition coefficient (Wildman–Crippen LogP) is 2.77. The van der Waals surface area contributed by atoms with Gasteiger partial charge in [0.15, 0.2) is 0 Å². The van der Waals surface area contributed by atoms with Gasteiger partial charge in [-0.3, -0.25) is 0 Å². The van der Waals surface area contributed by atoms with Crippen LogP contribution < -0.4 is 4.74 Å². The molecule has 0 bridgehead atoms. The average molecular weight is 234 g/mol. The Labute approximate surface area is 91.7 Å². The van der Waals surface area contributed by atoms with Gasteiger partial charge in [-0.1, -0.05) is 6.07 Å². The quantitative estimate of drug-likeness (QED) is 0.871. The van der Waals surface area contributed by atoms with Crippen LogP contribution in [0.4, 0.5) is 13.2 Å². The van der Waals surface area contributed by atoms with E-state index in [1.165, 1.54) is 26.0 Å². The molecule has 0 heterocycles. The van der Waals surface area contributed by atoms with Crippen molar-refractivity contribution in [1.82, 2.24) is 0 Å². The van der Waals surface area contributed by atoms with E-state index in [-0.39, 0.29) is 17.9 Å². The number of halogens is 3. The smallest absolute Gasteiger partial charge is 0.416 e. The Morgan fingerprint density at radius 2 is 2.00 bits per heavy atom. The van der Waals surface area contributed by atoms with Crippen LogP contribution in [-0.2, 0) is 6.18 Å². The lowest BCUT2D eigenvalue weighted by atomic mass is 10.1. The van der Waals surface area contributed by atoms with E-state index in [4.69, 9.17) is 9.84 Å². The summed E-state index contributed by atoms with van der Waals surface area (Å²) in [5, 5.41) is 8.95. The van der Waals surface area contributed by atoms with E-state index in [0.29, 0.717) is 0 Å². The van der Waals surface area contributed by atoms with Gasteiger partial charge in [-0.05, 0) is 31.5 Å². The zero-order valence-electron chi connectivity index (χ0n) is 9.01. The number of alkyl halides is 3. The first kappa shape index (κ1) is 12.8. The molecule has 5 heteroatoms. The average Bonchev–Trinajstić information content (AvgIpc) is 2.14. The Kier molecular flexibility index (Phi) is 3.80. The van der Waals surface area contributed by atoms with Crippen LogP contribution in [0.15, 0.2) is 18.2 Å². The van der Waals surface area contributed by atoms with Gasteiger partial charge in [0.1, 0.15) is 12.4 Å². The number of aliphatic hydroxyl groups excluding tert-OH is 1. The van der Waals surface area contributed by atoms with Crippen LogP contribution in [0.25, 0.3) is 0 Å². The number of aliphatic hydroxyl groups is 1. The molecule has 1 aromatic carbocycles. The maximum atomic E-state index is 12.5. The van der Waals surface area contributed by atoms with Crippen LogP contribution in [0.3, 0.4) is 0 Å². The summed E-state index contributed by atoms with van der Waals surface area (Å²) < 4.78 is 42.6. The Morgan fingerprint density at radius 3 is 2.50 bits per heavy atom. The van der Waals surface area contributed by atoms with Crippen LogP contribution >= 0.6 is 0 Å². The van der Waals surface area contributed by atoms with Crippen molar-refractivity contribution in [1.29, 1.82) is 0 Å². The third-order valence-corrected chi connectivity index (χ3v) is 2.01. The van der Waals surface area contributed by atoms with Crippen LogP contribution in [0.1, 0.15) is 18.1 Å². The highest BCUT2D eigenvalue weighted by atomic mass is 19.4. The van der Waals surface area contributed by atoms with E-state index in [9.17, 15) is 13.2 Å². The molecule has 0 saturated carbocycles. The monoisotopic (exact) mass is 234 g/mol. The van der Waals surface area contributed by atoms with Gasteiger partial charge >= 0.3 is 6.18 Å². The molecule has 1 N–H and O–H groups in total. The van der Waals surface area contributed by atoms with Crippen molar-refractivity contribution >= 4 is 0 Å². The summed E-state index contributed by atoms with van der Waals surface area (Å²) in [7, 11) is 0. The van der Waals surface area contributed by atoms with Crippen molar-refractivity contribution in [3.8, 4) is 5.75 Å². The summed E-state index contributed by atoms with van der Waals surface area (Å²) in [6.07, 6.45) is -5.09. The highest BCUT2D eigenvalue weighted by molar-refractivity contribution is 5.36. The number of hydrogen-bond donors (Lipinski definition) is 1. The van der Waals surface area contributed by atoms with E-state index in [2.05, 4.69) is 0 Å². The second kappa shape index (κ2) is 4.74. The molecular weight excluding hydrogens is 221 g/mol. The summed E-state index contributed by atoms with van der Waals surface area (Å²) in [4.78, 5) is 0. The maximum absolute atomic E-state index is 12.5. The van der Waals surface area contributed by atoms with E-state index in [1.54, 1.807) is 0 Å². The molecule has 0 unspecified atom stereocenters. The van der Waals surface area contributed by atoms with Gasteiger partial charge in [0, 0.05) is 0 Å². The molecule has 0 aliphatic heterocycles. The summed E-state index contributed by atoms with van der Waals surface area (Å²) in [5.41, 5.74) is -0.563. The molecule has 90 valence electrons. The number of aryl methyl sites for hydroxylation is 1. The highest BCUT2D eigenvalue weighted by Crippen LogP contribution is 2.33. The zero-order valence-corrected chi connectivity index (χ0v) is 9.01. The third-order valence-electron chi connectivity index (χ3n) is 2.01. The normalized spacial score (nSPS) is 13.6. The lowest BCUT2D eigenvalue weighted by Crippen LogP contribution is -2.14. The minimum absolute atomic E-state index is 0.0274. The second-order valence-electron chi connectivity index (χ2n) is 3.63. The molecule has 0 aliphatic carbocycles. The molecular formula is C11H13F3O2. The molecule has 0 radical (unpaired) electrons. The van der Waals surface area contributed by atoms with E-state index in [1.807, 2.05) is 0 Å². The minimum atomic E-state index is -4.38. The lowest BCUT2D eigenvalue weighted by Gasteiger charge is -2.13. The van der Waals surface area contributed by atoms with Gasteiger partial charge in [0.2, 0.25) is 0 Å². The SMILES string of the molecule is Cc1ccc(OC[C@H](C)O)cc1C(F)(F)F. The molecule has 0 aromatic heterocycles. The van der Waals surface area contributed by atoms with E-state index < -0.39 is 17.8 Å². The van der Waals surface area contributed by atoms with Gasteiger partial charge in [-0.25, -0.2) is 0 Å². The second-order valence-corrected chi connectivity index (χ2v) is 3.63. The van der Waals surface area contributed by atoms with Gasteiger partial charge in [-0.2, -0.15) is 13.2 Å². The topological polar surface area (TPSA) is 29.5 Å². The summed E-state index contributed by atoms with van der Waals surface area (Å²) in [6, 6.07) is 3.74. The first-order valence-corrected chi connectivity index (χ1v) is 4.79. The number of ether oxygens (including phenoxy) is 1. The standard InChI is InChI=1S/C11H13F3O2/c1-7-3-4-9(16-6-8(2)15)5-10(7)11(12,13)14/h3-5,8,15H,6H2,1-2H3/t8-/m0/s1. The fourth-order valence-corrected chi connectivity index (χ4v) is 1.21. The van der Waals surface area contributed by atoms with E-state index in [0.717, 1.165) is 6.07 Å². The van der Waals surface area contributed by atoms with Crippen molar-refractivity contribution in [2.24, 2.45) is 0 Å². The van der Waals surface area contributed by atoms with Crippen molar-refractivity contribution in [2.45, 2.75) is 26.1 Å². The van der Waals surface area contributed by atoms with Crippen LogP contribution in [0.2, 0.25) is 0 Å². The molecule has 0 aliphatic rings. The number of benzene rings is 1. The van der Waals surface area contributed by atoms with Gasteiger partial charge < -0.3 is 9.84 Å². The minimum Gasteiger partial charge on any atom is -0.491 e. The third kappa shape index (κ3) is 3.41. The number of hydrogen-bond acceptors (Lipinski definition) is 2. The fourth-order valence-electron chi connectivity index (χ4n) is 1.21. The predicted molar refractivity (Wildman–Crippen MR) is 53.4 cm³/mol. The Hall–Kier alpha value is -1.23. The van der Waals surface area contributed by atoms with Crippen LogP contribution in [0.5, 0.6) is 5.75 Å². The molecule has 0 spiro atoms. The van der Waals surface area contributed by atoms with Crippen LogP contribution in [0, 0.1) is 6.92 Å².